The van der Waals surface area contributed by atoms with Crippen LogP contribution in [0.5, 0.6) is 0 Å². The monoisotopic (exact) mass is 486 g/mol. The largest absolute Gasteiger partial charge is 0.441 e. The van der Waals surface area contributed by atoms with Crippen LogP contribution in [0.4, 0.5) is 22.1 Å². The van der Waals surface area contributed by atoms with Gasteiger partial charge in [-0.1, -0.05) is 18.2 Å². The summed E-state index contributed by atoms with van der Waals surface area (Å²) in [4.78, 5) is 23.5. The fourth-order valence-electron chi connectivity index (χ4n) is 4.33. The Morgan fingerprint density at radius 3 is 2.69 bits per heavy atom. The molecule has 36 heavy (non-hydrogen) atoms. The highest BCUT2D eigenvalue weighted by Crippen LogP contribution is 2.31. The topological polar surface area (TPSA) is 122 Å². The number of hydrogen-bond donors (Lipinski definition) is 2. The fourth-order valence-corrected chi connectivity index (χ4v) is 4.33. The van der Waals surface area contributed by atoms with Gasteiger partial charge in [-0.05, 0) is 36.4 Å². The number of anilines is 3. The molecule has 10 nitrogen and oxygen atoms in total. The van der Waals surface area contributed by atoms with E-state index in [2.05, 4.69) is 20.6 Å². The minimum atomic E-state index is -0.629. The van der Waals surface area contributed by atoms with E-state index >= 15 is 0 Å². The third-order valence-corrected chi connectivity index (χ3v) is 6.15. The molecule has 2 aromatic carbocycles. The lowest BCUT2D eigenvalue weighted by atomic mass is 10.1. The normalized spacial score (nSPS) is 22.4. The molecule has 2 N–H and O–H groups in total. The van der Waals surface area contributed by atoms with E-state index in [1.54, 1.807) is 30.5 Å². The number of amides is 1. The van der Waals surface area contributed by atoms with E-state index in [1.165, 1.54) is 0 Å². The van der Waals surface area contributed by atoms with Crippen molar-refractivity contribution >= 4 is 23.4 Å². The molecule has 184 valence electrons. The highest BCUT2D eigenvalue weighted by atomic mass is 16.6. The predicted octanol–water partition coefficient (Wildman–Crippen LogP) is 3.28. The highest BCUT2D eigenvalue weighted by molar-refractivity contribution is 5.85. The molecule has 2 fully saturated rings. The number of hydrogen-bond acceptors (Lipinski definition) is 9. The number of rotatable bonds is 6. The van der Waals surface area contributed by atoms with Crippen LogP contribution in [-0.4, -0.2) is 67.7 Å². The number of carbonyl (C=O) groups is 1. The van der Waals surface area contributed by atoms with Crippen LogP contribution in [0.2, 0.25) is 0 Å². The molecular weight excluding hydrogens is 460 g/mol. The second-order valence-electron chi connectivity index (χ2n) is 8.81. The zero-order valence-electron chi connectivity index (χ0n) is 19.9. The minimum Gasteiger partial charge on any atom is -0.441 e. The van der Waals surface area contributed by atoms with E-state index in [0.29, 0.717) is 23.8 Å². The van der Waals surface area contributed by atoms with E-state index < -0.39 is 18.3 Å². The van der Waals surface area contributed by atoms with Crippen molar-refractivity contribution in [3.05, 3.63) is 66.4 Å². The number of nitrogens with zero attached hydrogens (tertiary/aromatic N) is 4. The minimum absolute atomic E-state index is 0.190. The predicted molar refractivity (Wildman–Crippen MR) is 134 cm³/mol. The Hall–Kier alpha value is -4.20. The Morgan fingerprint density at radius 2 is 1.92 bits per heavy atom. The molecule has 4 unspecified atom stereocenters. The van der Waals surface area contributed by atoms with Crippen molar-refractivity contribution in [2.45, 2.75) is 24.4 Å². The Labute approximate surface area is 208 Å². The van der Waals surface area contributed by atoms with Gasteiger partial charge in [0, 0.05) is 37.2 Å². The summed E-state index contributed by atoms with van der Waals surface area (Å²) in [6.07, 6.45) is -0.180. The average Bonchev–Trinajstić information content (AvgIpc) is 3.47. The van der Waals surface area contributed by atoms with Gasteiger partial charge in [-0.2, -0.15) is 5.26 Å². The molecule has 0 spiro atoms. The van der Waals surface area contributed by atoms with E-state index in [4.69, 9.17) is 19.5 Å². The summed E-state index contributed by atoms with van der Waals surface area (Å²) in [7, 11) is 4.00. The van der Waals surface area contributed by atoms with Crippen LogP contribution >= 0.6 is 0 Å². The van der Waals surface area contributed by atoms with Gasteiger partial charge in [0.25, 0.3) is 0 Å². The SMILES string of the molecule is CN(C)c1ccc(-c2ccnc(NC3COC4C(OC(=O)Nc5cccc(C#N)c5)COC34)n2)cc1. The van der Waals surface area contributed by atoms with Gasteiger partial charge in [-0.15, -0.1) is 0 Å². The molecule has 4 atom stereocenters. The first-order valence-electron chi connectivity index (χ1n) is 11.6. The van der Waals surface area contributed by atoms with Crippen molar-refractivity contribution in [1.82, 2.24) is 9.97 Å². The van der Waals surface area contributed by atoms with Gasteiger partial charge in [-0.25, -0.2) is 14.8 Å². The molecule has 1 aromatic heterocycles. The van der Waals surface area contributed by atoms with E-state index in [-0.39, 0.29) is 18.8 Å². The molecule has 2 saturated heterocycles. The molecule has 0 aliphatic carbocycles. The second-order valence-corrected chi connectivity index (χ2v) is 8.81. The number of benzene rings is 2. The standard InChI is InChI=1S/C26H26N6O4/c1-32(2)19-8-6-17(7-9-19)20-10-11-28-25(30-20)31-21-14-34-24-22(15-35-23(21)24)36-26(33)29-18-5-3-4-16(12-18)13-27/h3-12,21-24H,14-15H2,1-2H3,(H,29,33)(H,28,30,31). The molecule has 0 saturated carbocycles. The number of carbonyl (C=O) groups excluding carboxylic acids is 1. The van der Waals surface area contributed by atoms with Crippen LogP contribution < -0.4 is 15.5 Å². The van der Waals surface area contributed by atoms with Crippen molar-refractivity contribution in [1.29, 1.82) is 5.26 Å². The second kappa shape index (κ2) is 10.2. The maximum absolute atomic E-state index is 12.4. The van der Waals surface area contributed by atoms with Crippen LogP contribution in [0.25, 0.3) is 11.3 Å². The highest BCUT2D eigenvalue weighted by Gasteiger charge is 2.49. The van der Waals surface area contributed by atoms with Crippen LogP contribution in [0.3, 0.4) is 0 Å². The first-order chi connectivity index (χ1) is 17.5. The molecule has 0 bridgehead atoms. The van der Waals surface area contributed by atoms with Gasteiger partial charge in [0.1, 0.15) is 12.2 Å². The molecule has 10 heteroatoms. The summed E-state index contributed by atoms with van der Waals surface area (Å²) in [5.41, 5.74) is 3.83. The van der Waals surface area contributed by atoms with Crippen LogP contribution in [0, 0.1) is 11.3 Å². The molecule has 3 aromatic rings. The lowest BCUT2D eigenvalue weighted by Crippen LogP contribution is -2.38. The number of nitrogens with one attached hydrogen (secondary N) is 2. The average molecular weight is 487 g/mol. The van der Waals surface area contributed by atoms with E-state index in [1.807, 2.05) is 55.4 Å². The zero-order chi connectivity index (χ0) is 25.1. The summed E-state index contributed by atoms with van der Waals surface area (Å²) in [5, 5.41) is 15.0. The molecule has 2 aliphatic heterocycles. The van der Waals surface area contributed by atoms with E-state index in [9.17, 15) is 4.79 Å². The van der Waals surface area contributed by atoms with Crippen molar-refractivity contribution < 1.29 is 19.0 Å². The molecule has 2 aliphatic rings. The zero-order valence-corrected chi connectivity index (χ0v) is 19.9. The van der Waals surface area contributed by atoms with Crippen molar-refractivity contribution in [3.8, 4) is 17.3 Å². The Morgan fingerprint density at radius 1 is 1.11 bits per heavy atom. The van der Waals surface area contributed by atoms with Crippen molar-refractivity contribution in [2.24, 2.45) is 0 Å². The Kier molecular flexibility index (Phi) is 6.66. The smallest absolute Gasteiger partial charge is 0.412 e. The molecule has 1 amide bonds. The van der Waals surface area contributed by atoms with Gasteiger partial charge in [0.15, 0.2) is 6.10 Å². The maximum atomic E-state index is 12.4. The first-order valence-corrected chi connectivity index (χ1v) is 11.6. The van der Waals surface area contributed by atoms with Gasteiger partial charge < -0.3 is 24.4 Å². The van der Waals surface area contributed by atoms with Gasteiger partial charge in [0.05, 0.1) is 36.6 Å². The Balaban J connectivity index is 1.19. The number of ether oxygens (including phenoxy) is 3. The first kappa shape index (κ1) is 23.5. The van der Waals surface area contributed by atoms with Crippen LogP contribution in [0.15, 0.2) is 60.8 Å². The Bertz CT molecular complexity index is 1280. The quantitative estimate of drug-likeness (QED) is 0.540. The molecular formula is C26H26N6O4. The summed E-state index contributed by atoms with van der Waals surface area (Å²) in [6.45, 7) is 0.588. The van der Waals surface area contributed by atoms with Crippen LogP contribution in [0.1, 0.15) is 5.56 Å². The van der Waals surface area contributed by atoms with E-state index in [0.717, 1.165) is 16.9 Å². The van der Waals surface area contributed by atoms with Crippen molar-refractivity contribution in [3.63, 3.8) is 0 Å². The van der Waals surface area contributed by atoms with Crippen molar-refractivity contribution in [2.75, 3.05) is 42.8 Å². The molecule has 0 radical (unpaired) electrons. The maximum Gasteiger partial charge on any atom is 0.412 e. The number of nitriles is 1. The molecule has 3 heterocycles. The van der Waals surface area contributed by atoms with Gasteiger partial charge in [0.2, 0.25) is 5.95 Å². The fraction of sp³-hybridized carbons (Fsp3) is 0.308. The molecule has 5 rings (SSSR count). The van der Waals surface area contributed by atoms with Crippen LogP contribution in [-0.2, 0) is 14.2 Å². The lowest BCUT2D eigenvalue weighted by molar-refractivity contribution is 0.00917. The number of fused-ring (bicyclic) bond motifs is 1. The summed E-state index contributed by atoms with van der Waals surface area (Å²) >= 11 is 0. The van der Waals surface area contributed by atoms with Gasteiger partial charge >= 0.3 is 6.09 Å². The summed E-state index contributed by atoms with van der Waals surface area (Å²) in [6, 6.07) is 18.5. The third kappa shape index (κ3) is 5.07. The lowest BCUT2D eigenvalue weighted by Gasteiger charge is -2.18. The number of aromatic nitrogens is 2. The third-order valence-electron chi connectivity index (χ3n) is 6.15. The summed E-state index contributed by atoms with van der Waals surface area (Å²) in [5.74, 6) is 0.474. The van der Waals surface area contributed by atoms with Gasteiger partial charge in [-0.3, -0.25) is 5.32 Å². The summed E-state index contributed by atoms with van der Waals surface area (Å²) < 4.78 is 17.4.